The topological polar surface area (TPSA) is 63.4 Å². The highest BCUT2D eigenvalue weighted by Crippen LogP contribution is 2.32. The van der Waals surface area contributed by atoms with Crippen LogP contribution in [-0.2, 0) is 9.59 Å². The van der Waals surface area contributed by atoms with Gasteiger partial charge in [0, 0.05) is 30.8 Å². The fourth-order valence-corrected chi connectivity index (χ4v) is 3.74. The molecule has 0 saturated carbocycles. The molecule has 2 N–H and O–H groups in total. The Hall–Kier alpha value is -1.36. The number of carbonyl (C=O) groups excluding carboxylic acids is 2. The van der Waals surface area contributed by atoms with Gasteiger partial charge in [-0.1, -0.05) is 0 Å². The molecule has 2 amide bonds. The molecule has 1 unspecified atom stereocenters. The molecule has 5 heteroatoms. The van der Waals surface area contributed by atoms with Crippen molar-refractivity contribution in [2.45, 2.75) is 44.9 Å². The van der Waals surface area contributed by atoms with Crippen molar-refractivity contribution in [3.8, 4) is 0 Å². The highest BCUT2D eigenvalue weighted by molar-refractivity contribution is 7.10. The zero-order chi connectivity index (χ0) is 14.5. The van der Waals surface area contributed by atoms with Gasteiger partial charge in [-0.3, -0.25) is 9.59 Å². The summed E-state index contributed by atoms with van der Waals surface area (Å²) < 4.78 is 0. The normalized spacial score (nSPS) is 19.9. The van der Waals surface area contributed by atoms with Crippen LogP contribution < -0.4 is 5.73 Å². The molecule has 1 saturated heterocycles. The lowest BCUT2D eigenvalue weighted by molar-refractivity contribution is -0.131. The molecule has 1 aliphatic rings. The number of carbonyl (C=O) groups is 2. The first-order chi connectivity index (χ1) is 9.56. The summed E-state index contributed by atoms with van der Waals surface area (Å²) in [5, 5.41) is 2.17. The molecule has 1 aromatic heterocycles. The second-order valence-electron chi connectivity index (χ2n) is 5.50. The van der Waals surface area contributed by atoms with Crippen molar-refractivity contribution in [2.24, 2.45) is 5.73 Å². The minimum absolute atomic E-state index is 0.213. The largest absolute Gasteiger partial charge is 0.370 e. The molecule has 0 bridgehead atoms. The molecule has 0 aliphatic carbocycles. The zero-order valence-corrected chi connectivity index (χ0v) is 12.7. The minimum Gasteiger partial charge on any atom is -0.370 e. The standard InChI is InChI=1S/C15H22N2O2S/c1-11-9-13(20-10-11)12-4-5-15(19)17(8-6-12)7-2-3-14(16)18/h9-10,12H,2-8H2,1H3,(H2,16,18). The van der Waals surface area contributed by atoms with Crippen molar-refractivity contribution in [2.75, 3.05) is 13.1 Å². The Morgan fingerprint density at radius 3 is 2.95 bits per heavy atom. The number of amides is 2. The molecule has 1 aromatic rings. The van der Waals surface area contributed by atoms with Crippen molar-refractivity contribution < 1.29 is 9.59 Å². The van der Waals surface area contributed by atoms with E-state index in [4.69, 9.17) is 5.73 Å². The third kappa shape index (κ3) is 4.07. The van der Waals surface area contributed by atoms with E-state index in [1.54, 1.807) is 11.3 Å². The van der Waals surface area contributed by atoms with Crippen LogP contribution in [0.2, 0.25) is 0 Å². The molecule has 0 aromatic carbocycles. The van der Waals surface area contributed by atoms with Gasteiger partial charge in [0.1, 0.15) is 0 Å². The number of likely N-dealkylation sites (tertiary alicyclic amines) is 1. The van der Waals surface area contributed by atoms with Gasteiger partial charge < -0.3 is 10.6 Å². The Morgan fingerprint density at radius 2 is 2.30 bits per heavy atom. The number of thiophene rings is 1. The Morgan fingerprint density at radius 1 is 1.50 bits per heavy atom. The lowest BCUT2D eigenvalue weighted by atomic mass is 9.98. The number of hydrogen-bond acceptors (Lipinski definition) is 3. The first-order valence-electron chi connectivity index (χ1n) is 7.17. The summed E-state index contributed by atoms with van der Waals surface area (Å²) in [5.74, 6) is 0.420. The SMILES string of the molecule is Cc1csc(C2CCC(=O)N(CCCC(N)=O)CC2)c1. The van der Waals surface area contributed by atoms with Gasteiger partial charge in [0.25, 0.3) is 0 Å². The average molecular weight is 294 g/mol. The van der Waals surface area contributed by atoms with Crippen LogP contribution in [0.4, 0.5) is 0 Å². The smallest absolute Gasteiger partial charge is 0.222 e. The molecular formula is C15H22N2O2S. The highest BCUT2D eigenvalue weighted by Gasteiger charge is 2.23. The lowest BCUT2D eigenvalue weighted by Gasteiger charge is -2.20. The maximum atomic E-state index is 12.1. The van der Waals surface area contributed by atoms with Crippen LogP contribution in [0.5, 0.6) is 0 Å². The van der Waals surface area contributed by atoms with Gasteiger partial charge in [-0.05, 0) is 49.1 Å². The fraction of sp³-hybridized carbons (Fsp3) is 0.600. The molecule has 110 valence electrons. The van der Waals surface area contributed by atoms with Crippen molar-refractivity contribution in [3.63, 3.8) is 0 Å². The van der Waals surface area contributed by atoms with Gasteiger partial charge in [0.2, 0.25) is 11.8 Å². The summed E-state index contributed by atoms with van der Waals surface area (Å²) in [6, 6.07) is 2.24. The predicted molar refractivity (Wildman–Crippen MR) is 80.7 cm³/mol. The molecule has 0 spiro atoms. The summed E-state index contributed by atoms with van der Waals surface area (Å²) >= 11 is 1.80. The Balaban J connectivity index is 1.89. The van der Waals surface area contributed by atoms with E-state index < -0.39 is 0 Å². The van der Waals surface area contributed by atoms with E-state index in [-0.39, 0.29) is 11.8 Å². The summed E-state index contributed by atoms with van der Waals surface area (Å²) in [5.41, 5.74) is 6.44. The van der Waals surface area contributed by atoms with Gasteiger partial charge in [-0.15, -0.1) is 11.3 Å². The second-order valence-corrected chi connectivity index (χ2v) is 6.44. The molecule has 2 rings (SSSR count). The lowest BCUT2D eigenvalue weighted by Crippen LogP contribution is -2.31. The second kappa shape index (κ2) is 6.88. The third-order valence-corrected chi connectivity index (χ3v) is 5.02. The first-order valence-corrected chi connectivity index (χ1v) is 8.05. The number of primary amides is 1. The molecule has 20 heavy (non-hydrogen) atoms. The average Bonchev–Trinajstić information content (AvgIpc) is 2.73. The highest BCUT2D eigenvalue weighted by atomic mass is 32.1. The van der Waals surface area contributed by atoms with Crippen molar-refractivity contribution in [1.29, 1.82) is 0 Å². The van der Waals surface area contributed by atoms with E-state index in [1.165, 1.54) is 10.4 Å². The van der Waals surface area contributed by atoms with Crippen LogP contribution >= 0.6 is 11.3 Å². The van der Waals surface area contributed by atoms with E-state index in [2.05, 4.69) is 18.4 Å². The van der Waals surface area contributed by atoms with E-state index in [1.807, 2.05) is 4.90 Å². The van der Waals surface area contributed by atoms with E-state index in [0.717, 1.165) is 19.4 Å². The van der Waals surface area contributed by atoms with Crippen molar-refractivity contribution in [3.05, 3.63) is 21.9 Å². The Labute approximate surface area is 124 Å². The number of aryl methyl sites for hydroxylation is 1. The van der Waals surface area contributed by atoms with Gasteiger partial charge in [-0.2, -0.15) is 0 Å². The maximum Gasteiger partial charge on any atom is 0.222 e. The Kier molecular flexibility index (Phi) is 5.17. The van der Waals surface area contributed by atoms with Crippen LogP contribution in [-0.4, -0.2) is 29.8 Å². The molecule has 0 radical (unpaired) electrons. The quantitative estimate of drug-likeness (QED) is 0.906. The zero-order valence-electron chi connectivity index (χ0n) is 11.9. The summed E-state index contributed by atoms with van der Waals surface area (Å²) in [7, 11) is 0. The molecule has 1 atom stereocenters. The van der Waals surface area contributed by atoms with Gasteiger partial charge in [0.15, 0.2) is 0 Å². The number of nitrogens with zero attached hydrogens (tertiary/aromatic N) is 1. The molecule has 2 heterocycles. The van der Waals surface area contributed by atoms with E-state index >= 15 is 0 Å². The number of nitrogens with two attached hydrogens (primary N) is 1. The summed E-state index contributed by atoms with van der Waals surface area (Å²) in [4.78, 5) is 26.1. The van der Waals surface area contributed by atoms with E-state index in [9.17, 15) is 9.59 Å². The van der Waals surface area contributed by atoms with E-state index in [0.29, 0.717) is 31.7 Å². The predicted octanol–water partition coefficient (Wildman–Crippen LogP) is 2.42. The minimum atomic E-state index is -0.292. The Bertz CT molecular complexity index is 484. The van der Waals surface area contributed by atoms with Gasteiger partial charge in [-0.25, -0.2) is 0 Å². The fourth-order valence-electron chi connectivity index (χ4n) is 2.67. The summed E-state index contributed by atoms with van der Waals surface area (Å²) in [6.45, 7) is 3.55. The summed E-state index contributed by atoms with van der Waals surface area (Å²) in [6.07, 6.45) is 3.59. The molecule has 1 fully saturated rings. The van der Waals surface area contributed by atoms with Gasteiger partial charge >= 0.3 is 0 Å². The monoisotopic (exact) mass is 294 g/mol. The maximum absolute atomic E-state index is 12.1. The van der Waals surface area contributed by atoms with Crippen LogP contribution in [0.15, 0.2) is 11.4 Å². The van der Waals surface area contributed by atoms with Crippen LogP contribution in [0.1, 0.15) is 48.5 Å². The molecular weight excluding hydrogens is 272 g/mol. The third-order valence-electron chi connectivity index (χ3n) is 3.81. The van der Waals surface area contributed by atoms with Crippen molar-refractivity contribution in [1.82, 2.24) is 4.90 Å². The van der Waals surface area contributed by atoms with Gasteiger partial charge in [0.05, 0.1) is 0 Å². The van der Waals surface area contributed by atoms with Crippen LogP contribution in [0, 0.1) is 6.92 Å². The van der Waals surface area contributed by atoms with Crippen LogP contribution in [0.3, 0.4) is 0 Å². The van der Waals surface area contributed by atoms with Crippen molar-refractivity contribution >= 4 is 23.2 Å². The molecule has 4 nitrogen and oxygen atoms in total. The van der Waals surface area contributed by atoms with Crippen LogP contribution in [0.25, 0.3) is 0 Å². The number of hydrogen-bond donors (Lipinski definition) is 1. The molecule has 1 aliphatic heterocycles. The first kappa shape index (κ1) is 15.0. The number of rotatable bonds is 5.